The highest BCUT2D eigenvalue weighted by Gasteiger charge is 2.24. The molecule has 0 atom stereocenters. The zero-order valence-corrected chi connectivity index (χ0v) is 10.3. The molecule has 2 rings (SSSR count). The van der Waals surface area contributed by atoms with E-state index >= 15 is 0 Å². The quantitative estimate of drug-likeness (QED) is 0.270. The average molecular weight is 298 g/mol. The Morgan fingerprint density at radius 2 is 1.10 bits per heavy atom. The molecule has 2 aromatic rings. The fourth-order valence-electron chi connectivity index (χ4n) is 1.47. The molecule has 2 nitrogen and oxygen atoms in total. The van der Waals surface area contributed by atoms with Crippen LogP contribution in [-0.2, 0) is 0 Å². The number of halogens is 5. The molecule has 0 N–H and O–H groups in total. The van der Waals surface area contributed by atoms with Crippen molar-refractivity contribution >= 4 is 12.4 Å². The molecule has 0 spiro atoms. The third-order valence-electron chi connectivity index (χ3n) is 2.50. The minimum Gasteiger partial charge on any atom is -0.203 e. The molecule has 0 aliphatic rings. The number of nitrogens with zero attached hydrogens (tertiary/aromatic N) is 2. The van der Waals surface area contributed by atoms with Crippen molar-refractivity contribution in [3.8, 4) is 0 Å². The van der Waals surface area contributed by atoms with Gasteiger partial charge in [0.1, 0.15) is 0 Å². The van der Waals surface area contributed by atoms with Crippen molar-refractivity contribution in [3.05, 3.63) is 70.5 Å². The molecule has 2 aromatic carbocycles. The maximum atomic E-state index is 13.3. The SMILES string of the molecule is Fc1c(F)c(F)c(/C=N/N=C/c2ccccc2)c(F)c1F. The van der Waals surface area contributed by atoms with Crippen LogP contribution in [0, 0.1) is 29.1 Å². The van der Waals surface area contributed by atoms with E-state index in [2.05, 4.69) is 10.2 Å². The molecule has 0 bridgehead atoms. The molecule has 7 heteroatoms. The predicted molar refractivity (Wildman–Crippen MR) is 67.9 cm³/mol. The van der Waals surface area contributed by atoms with Crippen LogP contribution in [0.2, 0.25) is 0 Å². The van der Waals surface area contributed by atoms with Gasteiger partial charge in [0, 0.05) is 0 Å². The highest BCUT2D eigenvalue weighted by Crippen LogP contribution is 2.21. The third-order valence-corrected chi connectivity index (χ3v) is 2.50. The van der Waals surface area contributed by atoms with Gasteiger partial charge in [0.25, 0.3) is 0 Å². The van der Waals surface area contributed by atoms with E-state index in [-0.39, 0.29) is 0 Å². The number of hydrogen-bond donors (Lipinski definition) is 0. The van der Waals surface area contributed by atoms with E-state index in [4.69, 9.17) is 0 Å². The van der Waals surface area contributed by atoms with E-state index in [1.54, 1.807) is 30.3 Å². The maximum absolute atomic E-state index is 13.3. The molecule has 0 saturated heterocycles. The van der Waals surface area contributed by atoms with Crippen LogP contribution in [0.1, 0.15) is 11.1 Å². The second-order valence-corrected chi connectivity index (χ2v) is 3.88. The van der Waals surface area contributed by atoms with Crippen molar-refractivity contribution in [2.45, 2.75) is 0 Å². The molecule has 0 heterocycles. The van der Waals surface area contributed by atoms with Gasteiger partial charge in [0.05, 0.1) is 18.0 Å². The lowest BCUT2D eigenvalue weighted by Crippen LogP contribution is -2.06. The zero-order chi connectivity index (χ0) is 15.4. The van der Waals surface area contributed by atoms with Gasteiger partial charge in [0.15, 0.2) is 23.3 Å². The summed E-state index contributed by atoms with van der Waals surface area (Å²) in [6, 6.07) is 8.62. The van der Waals surface area contributed by atoms with Crippen molar-refractivity contribution in [2.75, 3.05) is 0 Å². The van der Waals surface area contributed by atoms with E-state index in [9.17, 15) is 22.0 Å². The number of rotatable bonds is 3. The zero-order valence-electron chi connectivity index (χ0n) is 10.3. The summed E-state index contributed by atoms with van der Waals surface area (Å²) < 4.78 is 65.2. The Kier molecular flexibility index (Phi) is 4.42. The van der Waals surface area contributed by atoms with Crippen LogP contribution in [0.3, 0.4) is 0 Å². The van der Waals surface area contributed by atoms with Crippen LogP contribution < -0.4 is 0 Å². The van der Waals surface area contributed by atoms with Crippen LogP contribution in [0.5, 0.6) is 0 Å². The van der Waals surface area contributed by atoms with Gasteiger partial charge in [-0.05, 0) is 5.56 Å². The molecule has 0 aliphatic heterocycles. The summed E-state index contributed by atoms with van der Waals surface area (Å²) >= 11 is 0. The molecule has 0 saturated carbocycles. The second-order valence-electron chi connectivity index (χ2n) is 3.88. The van der Waals surface area contributed by atoms with Crippen molar-refractivity contribution in [3.63, 3.8) is 0 Å². The highest BCUT2D eigenvalue weighted by molar-refractivity contribution is 5.83. The van der Waals surface area contributed by atoms with Gasteiger partial charge >= 0.3 is 0 Å². The van der Waals surface area contributed by atoms with Gasteiger partial charge in [-0.3, -0.25) is 0 Å². The first-order valence-corrected chi connectivity index (χ1v) is 5.65. The number of hydrogen-bond acceptors (Lipinski definition) is 2. The van der Waals surface area contributed by atoms with Crippen molar-refractivity contribution in [2.24, 2.45) is 10.2 Å². The molecule has 21 heavy (non-hydrogen) atoms. The summed E-state index contributed by atoms with van der Waals surface area (Å²) in [5, 5.41) is 6.75. The van der Waals surface area contributed by atoms with Crippen LogP contribution in [0.4, 0.5) is 22.0 Å². The smallest absolute Gasteiger partial charge is 0.200 e. The van der Waals surface area contributed by atoms with Crippen LogP contribution in [0.25, 0.3) is 0 Å². The lowest BCUT2D eigenvalue weighted by Gasteiger charge is -2.02. The van der Waals surface area contributed by atoms with Crippen molar-refractivity contribution < 1.29 is 22.0 Å². The van der Waals surface area contributed by atoms with E-state index in [1.807, 2.05) is 0 Å². The largest absolute Gasteiger partial charge is 0.203 e. The minimum absolute atomic E-state index is 0.468. The highest BCUT2D eigenvalue weighted by atomic mass is 19.2. The fourth-order valence-corrected chi connectivity index (χ4v) is 1.47. The lowest BCUT2D eigenvalue weighted by molar-refractivity contribution is 0.377. The Morgan fingerprint density at radius 1 is 0.619 bits per heavy atom. The first-order valence-electron chi connectivity index (χ1n) is 5.65. The average Bonchev–Trinajstić information content (AvgIpc) is 2.51. The standard InChI is InChI=1S/C14H7F5N2/c15-10-9(11(16)13(18)14(19)12(10)17)7-21-20-6-8-4-2-1-3-5-8/h1-7H/b20-6+,21-7+. The van der Waals surface area contributed by atoms with Gasteiger partial charge in [-0.15, -0.1) is 0 Å². The van der Waals surface area contributed by atoms with Crippen molar-refractivity contribution in [1.82, 2.24) is 0 Å². The molecule has 0 radical (unpaired) electrons. The van der Waals surface area contributed by atoms with E-state index in [0.29, 0.717) is 11.8 Å². The lowest BCUT2D eigenvalue weighted by atomic mass is 10.2. The first kappa shape index (κ1) is 14.8. The fraction of sp³-hybridized carbons (Fsp3) is 0. The topological polar surface area (TPSA) is 24.7 Å². The summed E-state index contributed by atoms with van der Waals surface area (Å²) in [4.78, 5) is 0. The Morgan fingerprint density at radius 3 is 1.67 bits per heavy atom. The van der Waals surface area contributed by atoms with Crippen LogP contribution in [-0.4, -0.2) is 12.4 Å². The normalized spacial score (nSPS) is 11.7. The third kappa shape index (κ3) is 3.13. The Bertz CT molecular complexity index is 682. The molecule has 0 aromatic heterocycles. The summed E-state index contributed by atoms with van der Waals surface area (Å²) in [5.41, 5.74) is -0.483. The molecule has 0 amide bonds. The monoisotopic (exact) mass is 298 g/mol. The summed E-state index contributed by atoms with van der Waals surface area (Å²) in [6.07, 6.45) is 1.73. The van der Waals surface area contributed by atoms with Gasteiger partial charge in [0.2, 0.25) is 5.82 Å². The second kappa shape index (κ2) is 6.25. The Hall–Kier alpha value is -2.57. The van der Waals surface area contributed by atoms with Crippen LogP contribution in [0.15, 0.2) is 40.5 Å². The molecule has 0 fully saturated rings. The Labute approximate surface area is 116 Å². The molecular formula is C14H7F5N2. The molecule has 0 aliphatic carbocycles. The molecular weight excluding hydrogens is 291 g/mol. The van der Waals surface area contributed by atoms with Gasteiger partial charge in [-0.1, -0.05) is 30.3 Å². The summed E-state index contributed by atoms with van der Waals surface area (Å²) in [6.45, 7) is 0. The molecule has 0 unspecified atom stereocenters. The predicted octanol–water partition coefficient (Wildman–Crippen LogP) is 3.84. The summed E-state index contributed by atoms with van der Waals surface area (Å²) in [7, 11) is 0. The van der Waals surface area contributed by atoms with E-state index in [1.165, 1.54) is 6.21 Å². The minimum atomic E-state index is -2.21. The van der Waals surface area contributed by atoms with E-state index in [0.717, 1.165) is 0 Å². The Balaban J connectivity index is 2.28. The van der Waals surface area contributed by atoms with Gasteiger partial charge in [-0.25, -0.2) is 22.0 Å². The van der Waals surface area contributed by atoms with Gasteiger partial charge in [-0.2, -0.15) is 10.2 Å². The van der Waals surface area contributed by atoms with Gasteiger partial charge < -0.3 is 0 Å². The number of benzene rings is 2. The van der Waals surface area contributed by atoms with Crippen molar-refractivity contribution in [1.29, 1.82) is 0 Å². The van der Waals surface area contributed by atoms with E-state index < -0.39 is 34.6 Å². The maximum Gasteiger partial charge on any atom is 0.200 e. The molecule has 108 valence electrons. The van der Waals surface area contributed by atoms with Crippen LogP contribution >= 0.6 is 0 Å². The summed E-state index contributed by atoms with van der Waals surface area (Å²) in [5.74, 6) is -10.2. The first-order chi connectivity index (χ1) is 10.0.